The second-order valence-corrected chi connectivity index (χ2v) is 6.00. The summed E-state index contributed by atoms with van der Waals surface area (Å²) < 4.78 is 12.0. The molecule has 2 rings (SSSR count). The van der Waals surface area contributed by atoms with E-state index in [9.17, 15) is 0 Å². The van der Waals surface area contributed by atoms with E-state index in [1.54, 1.807) is 7.11 Å². The molecular weight excluding hydrogens is 282 g/mol. The Hall–Kier alpha value is -0.940. The molecule has 0 aliphatic carbocycles. The lowest BCUT2D eigenvalue weighted by Gasteiger charge is -2.20. The summed E-state index contributed by atoms with van der Waals surface area (Å²) in [7, 11) is 1.70. The van der Waals surface area contributed by atoms with E-state index in [0.717, 1.165) is 26.0 Å². The number of ether oxygens (including phenoxy) is 2. The third kappa shape index (κ3) is 4.78. The molecule has 116 valence electrons. The third-order valence-corrected chi connectivity index (χ3v) is 4.49. The SMILES string of the molecule is CCCNC(CCOCCOC)c1cccc2ccsc12. The van der Waals surface area contributed by atoms with Gasteiger partial charge in [0.2, 0.25) is 0 Å². The minimum Gasteiger partial charge on any atom is -0.382 e. The molecular formula is C17H25NO2S. The highest BCUT2D eigenvalue weighted by molar-refractivity contribution is 7.17. The van der Waals surface area contributed by atoms with Gasteiger partial charge in [0.05, 0.1) is 13.2 Å². The molecule has 1 heterocycles. The number of thiophene rings is 1. The van der Waals surface area contributed by atoms with Crippen molar-refractivity contribution in [1.29, 1.82) is 0 Å². The molecule has 2 aromatic rings. The molecule has 0 spiro atoms. The van der Waals surface area contributed by atoms with Crippen LogP contribution in [0.2, 0.25) is 0 Å². The van der Waals surface area contributed by atoms with E-state index in [-0.39, 0.29) is 0 Å². The quantitative estimate of drug-likeness (QED) is 0.673. The van der Waals surface area contributed by atoms with Crippen molar-refractivity contribution in [2.75, 3.05) is 33.5 Å². The summed E-state index contributed by atoms with van der Waals surface area (Å²) in [6, 6.07) is 9.12. The lowest BCUT2D eigenvalue weighted by molar-refractivity contribution is 0.0658. The molecule has 1 aromatic carbocycles. The zero-order valence-electron chi connectivity index (χ0n) is 12.9. The van der Waals surface area contributed by atoms with Gasteiger partial charge in [0.15, 0.2) is 0 Å². The number of methoxy groups -OCH3 is 1. The van der Waals surface area contributed by atoms with Crippen LogP contribution in [0.3, 0.4) is 0 Å². The van der Waals surface area contributed by atoms with Crippen molar-refractivity contribution in [3.05, 3.63) is 35.2 Å². The Labute approximate surface area is 131 Å². The second-order valence-electron chi connectivity index (χ2n) is 5.09. The molecule has 0 amide bonds. The molecule has 4 heteroatoms. The van der Waals surface area contributed by atoms with Crippen LogP contribution in [0, 0.1) is 0 Å². The van der Waals surface area contributed by atoms with Crippen molar-refractivity contribution in [1.82, 2.24) is 5.32 Å². The maximum Gasteiger partial charge on any atom is 0.0700 e. The fourth-order valence-corrected chi connectivity index (χ4v) is 3.39. The van der Waals surface area contributed by atoms with E-state index in [4.69, 9.17) is 9.47 Å². The Kier molecular flexibility index (Phi) is 7.16. The fourth-order valence-electron chi connectivity index (χ4n) is 2.42. The molecule has 0 bridgehead atoms. The molecule has 1 aromatic heterocycles. The van der Waals surface area contributed by atoms with Gasteiger partial charge in [-0.1, -0.05) is 25.1 Å². The molecule has 0 aliphatic rings. The van der Waals surface area contributed by atoms with Crippen molar-refractivity contribution in [3.8, 4) is 0 Å². The Morgan fingerprint density at radius 3 is 2.90 bits per heavy atom. The van der Waals surface area contributed by atoms with Gasteiger partial charge in [0.25, 0.3) is 0 Å². The summed E-state index contributed by atoms with van der Waals surface area (Å²) in [6.45, 7) is 5.32. The van der Waals surface area contributed by atoms with Gasteiger partial charge in [-0.3, -0.25) is 0 Å². The molecule has 1 unspecified atom stereocenters. The highest BCUT2D eigenvalue weighted by Crippen LogP contribution is 2.30. The predicted octanol–water partition coefficient (Wildman–Crippen LogP) is 4.00. The van der Waals surface area contributed by atoms with Gasteiger partial charge in [-0.05, 0) is 41.8 Å². The third-order valence-electron chi connectivity index (χ3n) is 3.51. The Bertz CT molecular complexity index is 526. The van der Waals surface area contributed by atoms with Gasteiger partial charge in [-0.15, -0.1) is 11.3 Å². The summed E-state index contributed by atoms with van der Waals surface area (Å²) in [5.74, 6) is 0. The first-order valence-electron chi connectivity index (χ1n) is 7.63. The number of hydrogen-bond acceptors (Lipinski definition) is 4. The van der Waals surface area contributed by atoms with Crippen LogP contribution in [0.1, 0.15) is 31.4 Å². The Morgan fingerprint density at radius 2 is 2.10 bits per heavy atom. The first kappa shape index (κ1) is 16.4. The summed E-state index contributed by atoms with van der Waals surface area (Å²) in [4.78, 5) is 0. The summed E-state index contributed by atoms with van der Waals surface area (Å²) >= 11 is 1.82. The van der Waals surface area contributed by atoms with Gasteiger partial charge in [0.1, 0.15) is 0 Å². The highest BCUT2D eigenvalue weighted by atomic mass is 32.1. The topological polar surface area (TPSA) is 30.5 Å². The number of benzene rings is 1. The van der Waals surface area contributed by atoms with E-state index in [2.05, 4.69) is 41.9 Å². The summed E-state index contributed by atoms with van der Waals surface area (Å²) in [6.07, 6.45) is 2.13. The van der Waals surface area contributed by atoms with E-state index >= 15 is 0 Å². The van der Waals surface area contributed by atoms with Crippen LogP contribution in [0.5, 0.6) is 0 Å². The van der Waals surface area contributed by atoms with Crippen molar-refractivity contribution >= 4 is 21.4 Å². The highest BCUT2D eigenvalue weighted by Gasteiger charge is 2.14. The second kappa shape index (κ2) is 9.15. The van der Waals surface area contributed by atoms with Crippen LogP contribution in [0.15, 0.2) is 29.6 Å². The normalized spacial score (nSPS) is 12.9. The fraction of sp³-hybridized carbons (Fsp3) is 0.529. The van der Waals surface area contributed by atoms with E-state index in [0.29, 0.717) is 19.3 Å². The van der Waals surface area contributed by atoms with Gasteiger partial charge in [0, 0.05) is 24.5 Å². The Morgan fingerprint density at radius 1 is 1.19 bits per heavy atom. The number of rotatable bonds is 10. The van der Waals surface area contributed by atoms with Crippen LogP contribution >= 0.6 is 11.3 Å². The average Bonchev–Trinajstić information content (AvgIpc) is 2.98. The van der Waals surface area contributed by atoms with Crippen LogP contribution < -0.4 is 5.32 Å². The molecule has 0 saturated carbocycles. The average molecular weight is 307 g/mol. The van der Waals surface area contributed by atoms with E-state index in [1.807, 2.05) is 11.3 Å². The van der Waals surface area contributed by atoms with Gasteiger partial charge >= 0.3 is 0 Å². The minimum atomic E-state index is 0.356. The maximum atomic E-state index is 5.64. The first-order chi connectivity index (χ1) is 10.4. The van der Waals surface area contributed by atoms with E-state index in [1.165, 1.54) is 15.6 Å². The number of nitrogens with one attached hydrogen (secondary N) is 1. The molecule has 0 saturated heterocycles. The van der Waals surface area contributed by atoms with Crippen molar-refractivity contribution < 1.29 is 9.47 Å². The van der Waals surface area contributed by atoms with Gasteiger partial charge in [-0.25, -0.2) is 0 Å². The van der Waals surface area contributed by atoms with Crippen molar-refractivity contribution in [2.45, 2.75) is 25.8 Å². The first-order valence-corrected chi connectivity index (χ1v) is 8.51. The number of fused-ring (bicyclic) bond motifs is 1. The van der Waals surface area contributed by atoms with E-state index < -0.39 is 0 Å². The molecule has 3 nitrogen and oxygen atoms in total. The largest absolute Gasteiger partial charge is 0.382 e. The minimum absolute atomic E-state index is 0.356. The molecule has 1 atom stereocenters. The summed E-state index contributed by atoms with van der Waals surface area (Å²) in [5, 5.41) is 7.16. The maximum absolute atomic E-state index is 5.64. The van der Waals surface area contributed by atoms with Crippen LogP contribution in [0.4, 0.5) is 0 Å². The lowest BCUT2D eigenvalue weighted by atomic mass is 10.0. The molecule has 0 fully saturated rings. The molecule has 1 N–H and O–H groups in total. The van der Waals surface area contributed by atoms with Gasteiger partial charge in [-0.2, -0.15) is 0 Å². The molecule has 21 heavy (non-hydrogen) atoms. The molecule has 0 radical (unpaired) electrons. The van der Waals surface area contributed by atoms with Crippen LogP contribution in [0.25, 0.3) is 10.1 Å². The Balaban J connectivity index is 2.02. The van der Waals surface area contributed by atoms with Crippen LogP contribution in [-0.4, -0.2) is 33.5 Å². The van der Waals surface area contributed by atoms with Crippen molar-refractivity contribution in [2.24, 2.45) is 0 Å². The number of hydrogen-bond donors (Lipinski definition) is 1. The summed E-state index contributed by atoms with van der Waals surface area (Å²) in [5.41, 5.74) is 1.39. The molecule has 0 aliphatic heterocycles. The monoisotopic (exact) mass is 307 g/mol. The zero-order valence-corrected chi connectivity index (χ0v) is 13.7. The van der Waals surface area contributed by atoms with Crippen molar-refractivity contribution in [3.63, 3.8) is 0 Å². The standard InChI is InChI=1S/C17H25NO2S/c1-3-9-18-16(7-10-20-12-11-19-2)15-6-4-5-14-8-13-21-17(14)15/h4-6,8,13,16,18H,3,7,9-12H2,1-2H3. The van der Waals surface area contributed by atoms with Crippen LogP contribution in [-0.2, 0) is 9.47 Å². The predicted molar refractivity (Wildman–Crippen MR) is 90.2 cm³/mol. The lowest BCUT2D eigenvalue weighted by Crippen LogP contribution is -2.23. The zero-order chi connectivity index (χ0) is 14.9. The van der Waals surface area contributed by atoms with Gasteiger partial charge < -0.3 is 14.8 Å². The smallest absolute Gasteiger partial charge is 0.0700 e.